The van der Waals surface area contributed by atoms with E-state index in [0.717, 1.165) is 10.6 Å². The molecular weight excluding hydrogens is 174 g/mol. The van der Waals surface area contributed by atoms with Gasteiger partial charge in [-0.1, -0.05) is 11.6 Å². The Labute approximate surface area is 74.4 Å². The standard InChI is InChI=1S/C9H6ClNO/c1-11-8-3-2-7(10)4-6(8)5-9(11)12/h2-5H,1H2/q+1. The van der Waals surface area contributed by atoms with Gasteiger partial charge in [0.15, 0.2) is 0 Å². The molecule has 0 saturated heterocycles. The summed E-state index contributed by atoms with van der Waals surface area (Å²) in [6.07, 6.45) is 1.52. The van der Waals surface area contributed by atoms with Crippen molar-refractivity contribution in [2.24, 2.45) is 0 Å². The lowest BCUT2D eigenvalue weighted by Crippen LogP contribution is -2.31. The summed E-state index contributed by atoms with van der Waals surface area (Å²) in [4.78, 5) is 11.1. The summed E-state index contributed by atoms with van der Waals surface area (Å²) in [6, 6.07) is 5.27. The Morgan fingerprint density at radius 3 is 2.92 bits per heavy atom. The maximum Gasteiger partial charge on any atom is 0.413 e. The van der Waals surface area contributed by atoms with Crippen molar-refractivity contribution in [2.45, 2.75) is 0 Å². The van der Waals surface area contributed by atoms with Crippen molar-refractivity contribution in [1.82, 2.24) is 4.58 Å². The third-order valence-electron chi connectivity index (χ3n) is 1.83. The third-order valence-corrected chi connectivity index (χ3v) is 2.06. The first-order valence-corrected chi connectivity index (χ1v) is 3.85. The number of fused-ring (bicyclic) bond motifs is 1. The van der Waals surface area contributed by atoms with E-state index >= 15 is 0 Å². The molecule has 1 heterocycles. The van der Waals surface area contributed by atoms with Gasteiger partial charge in [0.2, 0.25) is 12.4 Å². The fourth-order valence-electron chi connectivity index (χ4n) is 1.22. The molecule has 0 aliphatic carbocycles. The highest BCUT2D eigenvalue weighted by Gasteiger charge is 2.17. The number of hydrogen-bond acceptors (Lipinski definition) is 1. The Morgan fingerprint density at radius 2 is 2.17 bits per heavy atom. The Hall–Kier alpha value is -1.15. The number of carbonyl (C=O) groups is 1. The van der Waals surface area contributed by atoms with E-state index in [1.165, 1.54) is 10.7 Å². The molecule has 0 fully saturated rings. The van der Waals surface area contributed by atoms with Crippen LogP contribution in [0.2, 0.25) is 5.02 Å². The van der Waals surface area contributed by atoms with E-state index in [1.54, 1.807) is 18.2 Å². The first-order valence-electron chi connectivity index (χ1n) is 3.47. The minimum absolute atomic E-state index is 0.104. The quantitative estimate of drug-likeness (QED) is 0.511. The predicted octanol–water partition coefficient (Wildman–Crippen LogP) is -0.0566. The Bertz CT molecular complexity index is 476. The maximum absolute atomic E-state index is 11.1. The summed E-state index contributed by atoms with van der Waals surface area (Å²) < 4.78 is 1.35. The van der Waals surface area contributed by atoms with Crippen molar-refractivity contribution in [3.63, 3.8) is 0 Å². The zero-order valence-electron chi connectivity index (χ0n) is 6.25. The molecule has 1 amide bonds. The number of rotatable bonds is 0. The molecular formula is C9H6ClNO+. The van der Waals surface area contributed by atoms with Gasteiger partial charge in [0, 0.05) is 11.1 Å². The van der Waals surface area contributed by atoms with E-state index < -0.39 is 0 Å². The third kappa shape index (κ3) is 0.959. The molecule has 1 radical (unpaired) electrons. The van der Waals surface area contributed by atoms with Crippen LogP contribution in [0.5, 0.6) is 0 Å². The van der Waals surface area contributed by atoms with Crippen molar-refractivity contribution in [3.8, 4) is 0 Å². The Kier molecular flexibility index (Phi) is 1.51. The van der Waals surface area contributed by atoms with E-state index in [1.807, 2.05) is 0 Å². The zero-order valence-corrected chi connectivity index (χ0v) is 7.01. The molecule has 0 N–H and O–H groups in total. The summed E-state index contributed by atoms with van der Waals surface area (Å²) in [5, 5.41) is 2.28. The first-order chi connectivity index (χ1) is 5.68. The molecule has 3 heteroatoms. The van der Waals surface area contributed by atoms with E-state index in [-0.39, 0.29) is 5.91 Å². The summed E-state index contributed by atoms with van der Waals surface area (Å²) in [7, 11) is 3.60. The highest BCUT2D eigenvalue weighted by Crippen LogP contribution is 2.00. The molecule has 1 aliphatic rings. The SMILES string of the molecule is [CH2][N+]1=c2ccc(Cl)cc2=CC1=O. The van der Waals surface area contributed by atoms with Gasteiger partial charge in [-0.15, -0.1) is 0 Å². The maximum atomic E-state index is 11.1. The van der Waals surface area contributed by atoms with Gasteiger partial charge in [0.25, 0.3) is 0 Å². The highest BCUT2D eigenvalue weighted by molar-refractivity contribution is 6.30. The summed E-state index contributed by atoms with van der Waals surface area (Å²) >= 11 is 5.75. The topological polar surface area (TPSA) is 20.1 Å². The fourth-order valence-corrected chi connectivity index (χ4v) is 1.40. The van der Waals surface area contributed by atoms with Crippen molar-refractivity contribution in [1.29, 1.82) is 0 Å². The van der Waals surface area contributed by atoms with Crippen LogP contribution in [0.3, 0.4) is 0 Å². The minimum atomic E-state index is -0.104. The van der Waals surface area contributed by atoms with Crippen LogP contribution in [0.4, 0.5) is 0 Å². The normalized spacial score (nSPS) is 14.5. The number of amides is 1. The average Bonchev–Trinajstić information content (AvgIpc) is 2.28. The largest absolute Gasteiger partial charge is 0.413 e. The highest BCUT2D eigenvalue weighted by atomic mass is 35.5. The van der Waals surface area contributed by atoms with Gasteiger partial charge < -0.3 is 0 Å². The molecule has 0 unspecified atom stereocenters. The van der Waals surface area contributed by atoms with Crippen molar-refractivity contribution in [3.05, 3.63) is 40.8 Å². The molecule has 0 atom stereocenters. The van der Waals surface area contributed by atoms with Crippen molar-refractivity contribution >= 4 is 23.6 Å². The first kappa shape index (κ1) is 7.50. The molecule has 1 aliphatic heterocycles. The van der Waals surface area contributed by atoms with Crippen LogP contribution in [0, 0.1) is 7.05 Å². The van der Waals surface area contributed by atoms with Gasteiger partial charge >= 0.3 is 5.91 Å². The van der Waals surface area contributed by atoms with Crippen LogP contribution in [0.25, 0.3) is 6.08 Å². The Morgan fingerprint density at radius 1 is 1.42 bits per heavy atom. The van der Waals surface area contributed by atoms with Crippen LogP contribution < -0.4 is 15.2 Å². The van der Waals surface area contributed by atoms with Crippen molar-refractivity contribution < 1.29 is 4.79 Å². The van der Waals surface area contributed by atoms with Gasteiger partial charge in [-0.05, 0) is 12.1 Å². The molecule has 2 rings (SSSR count). The average molecular weight is 180 g/mol. The lowest BCUT2D eigenvalue weighted by molar-refractivity contribution is -0.115. The molecule has 0 saturated carbocycles. The molecule has 1 aromatic carbocycles. The van der Waals surface area contributed by atoms with E-state index in [0.29, 0.717) is 5.02 Å². The molecule has 2 nitrogen and oxygen atoms in total. The molecule has 0 bridgehead atoms. The predicted molar refractivity (Wildman–Crippen MR) is 46.8 cm³/mol. The van der Waals surface area contributed by atoms with Crippen molar-refractivity contribution in [2.75, 3.05) is 0 Å². The van der Waals surface area contributed by atoms with E-state index in [9.17, 15) is 4.79 Å². The fraction of sp³-hybridized carbons (Fsp3) is 0. The number of benzene rings is 1. The van der Waals surface area contributed by atoms with E-state index in [4.69, 9.17) is 11.6 Å². The van der Waals surface area contributed by atoms with Crippen LogP contribution in [0.15, 0.2) is 18.2 Å². The van der Waals surface area contributed by atoms with Gasteiger partial charge in [0.05, 0.1) is 11.3 Å². The number of carbonyl (C=O) groups excluding carboxylic acids is 1. The number of hydrogen-bond donors (Lipinski definition) is 0. The lowest BCUT2D eigenvalue weighted by atomic mass is 10.3. The molecule has 0 aromatic heterocycles. The second-order valence-corrected chi connectivity index (χ2v) is 3.05. The summed E-state index contributed by atoms with van der Waals surface area (Å²) in [5.74, 6) is -0.104. The minimum Gasteiger partial charge on any atom is -0.215 e. The second-order valence-electron chi connectivity index (χ2n) is 2.61. The van der Waals surface area contributed by atoms with Crippen LogP contribution in [-0.2, 0) is 4.79 Å². The summed E-state index contributed by atoms with van der Waals surface area (Å²) in [5.41, 5.74) is 0. The van der Waals surface area contributed by atoms with Crippen LogP contribution >= 0.6 is 11.6 Å². The Balaban J connectivity index is 2.94. The molecule has 59 valence electrons. The molecule has 12 heavy (non-hydrogen) atoms. The molecule has 0 spiro atoms. The van der Waals surface area contributed by atoms with Crippen LogP contribution in [0.1, 0.15) is 0 Å². The second kappa shape index (κ2) is 2.42. The zero-order chi connectivity index (χ0) is 8.72. The lowest BCUT2D eigenvalue weighted by Gasteiger charge is -1.83. The van der Waals surface area contributed by atoms with Gasteiger partial charge in [0.1, 0.15) is 0 Å². The van der Waals surface area contributed by atoms with Crippen LogP contribution in [-0.4, -0.2) is 5.91 Å². The number of nitrogens with zero attached hydrogens (tertiary/aromatic N) is 1. The van der Waals surface area contributed by atoms with Gasteiger partial charge in [-0.25, -0.2) is 4.79 Å². The van der Waals surface area contributed by atoms with E-state index in [2.05, 4.69) is 7.05 Å². The van der Waals surface area contributed by atoms with Gasteiger partial charge in [-0.3, -0.25) is 0 Å². The van der Waals surface area contributed by atoms with Gasteiger partial charge in [-0.2, -0.15) is 4.58 Å². The monoisotopic (exact) mass is 179 g/mol. The smallest absolute Gasteiger partial charge is 0.215 e. The molecule has 1 aromatic rings. The number of halogens is 1. The summed E-state index contributed by atoms with van der Waals surface area (Å²) in [6.45, 7) is 0.